The number of pyridine rings is 1. The van der Waals surface area contributed by atoms with Crippen LogP contribution >= 0.6 is 0 Å². The molecule has 1 aliphatic heterocycles. The van der Waals surface area contributed by atoms with E-state index in [1.807, 2.05) is 17.2 Å². The maximum Gasteiger partial charge on any atom is 0.257 e. The van der Waals surface area contributed by atoms with Crippen LogP contribution in [-0.2, 0) is 11.3 Å². The van der Waals surface area contributed by atoms with Gasteiger partial charge in [0, 0.05) is 50.2 Å². The molecule has 1 saturated heterocycles. The molecular formula is C34H44N4O3. The van der Waals surface area contributed by atoms with Crippen molar-refractivity contribution >= 4 is 22.8 Å². The van der Waals surface area contributed by atoms with Gasteiger partial charge in [0.15, 0.2) is 0 Å². The summed E-state index contributed by atoms with van der Waals surface area (Å²) in [4.78, 5) is 35.2. The molecule has 6 rings (SSSR count). The Bertz CT molecular complexity index is 1330. The molecule has 3 fully saturated rings. The fourth-order valence-electron chi connectivity index (χ4n) is 7.35. The van der Waals surface area contributed by atoms with Crippen molar-refractivity contribution in [2.24, 2.45) is 5.92 Å². The van der Waals surface area contributed by atoms with Crippen LogP contribution < -0.4 is 0 Å². The Balaban J connectivity index is 1.08. The van der Waals surface area contributed by atoms with E-state index in [2.05, 4.69) is 51.7 Å². The van der Waals surface area contributed by atoms with Crippen LogP contribution in [0.5, 0.6) is 0 Å². The molecule has 7 heteroatoms. The standard InChI is InChI=1S/C34H44N4O3/c1-2-38(29-7-4-3-5-8-29)33(39)28-16-14-27(15-17-28)26-12-10-25(11-13-26)23-37-24-30(32-31(37)9-6-18-35-32)34(40)36-19-21-41-22-20-36/h6,9,14-18,24-26,29H,2-5,7-8,10-13,19-23H2,1H3. The zero-order chi connectivity index (χ0) is 28.2. The minimum atomic E-state index is 0.0576. The average Bonchev–Trinajstić information content (AvgIpc) is 3.40. The van der Waals surface area contributed by atoms with E-state index in [-0.39, 0.29) is 11.8 Å². The molecule has 0 unspecified atom stereocenters. The summed E-state index contributed by atoms with van der Waals surface area (Å²) in [5.41, 5.74) is 4.73. The van der Waals surface area contributed by atoms with Gasteiger partial charge in [0.2, 0.25) is 0 Å². The van der Waals surface area contributed by atoms with Crippen LogP contribution in [0.1, 0.15) is 96.9 Å². The number of rotatable bonds is 7. The average molecular weight is 557 g/mol. The second kappa shape index (κ2) is 12.8. The molecule has 2 amide bonds. The lowest BCUT2D eigenvalue weighted by Gasteiger charge is -2.34. The molecule has 218 valence electrons. The van der Waals surface area contributed by atoms with Gasteiger partial charge in [0.1, 0.15) is 5.52 Å². The van der Waals surface area contributed by atoms with Crippen LogP contribution in [0.4, 0.5) is 0 Å². The van der Waals surface area contributed by atoms with Crippen LogP contribution in [0.2, 0.25) is 0 Å². The molecule has 7 nitrogen and oxygen atoms in total. The van der Waals surface area contributed by atoms with E-state index in [0.29, 0.717) is 49.7 Å². The van der Waals surface area contributed by atoms with Crippen LogP contribution in [0.15, 0.2) is 48.8 Å². The van der Waals surface area contributed by atoms with Gasteiger partial charge >= 0.3 is 0 Å². The summed E-state index contributed by atoms with van der Waals surface area (Å²) in [6.07, 6.45) is 14.5. The summed E-state index contributed by atoms with van der Waals surface area (Å²) >= 11 is 0. The van der Waals surface area contributed by atoms with Gasteiger partial charge in [0.25, 0.3) is 11.8 Å². The number of ether oxygens (including phenoxy) is 1. The number of aromatic nitrogens is 2. The van der Waals surface area contributed by atoms with E-state index in [1.54, 1.807) is 6.20 Å². The van der Waals surface area contributed by atoms with E-state index in [0.717, 1.165) is 68.2 Å². The number of hydrogen-bond donors (Lipinski definition) is 0. The van der Waals surface area contributed by atoms with Crippen molar-refractivity contribution in [1.82, 2.24) is 19.4 Å². The van der Waals surface area contributed by atoms with Gasteiger partial charge in [-0.25, -0.2) is 0 Å². The largest absolute Gasteiger partial charge is 0.378 e. The summed E-state index contributed by atoms with van der Waals surface area (Å²) in [5.74, 6) is 1.36. The Labute approximate surface area is 243 Å². The number of benzene rings is 1. The normalized spacial score (nSPS) is 22.1. The summed E-state index contributed by atoms with van der Waals surface area (Å²) in [6.45, 7) is 6.26. The van der Waals surface area contributed by atoms with Crippen molar-refractivity contribution in [2.45, 2.75) is 83.2 Å². The highest BCUT2D eigenvalue weighted by molar-refractivity contribution is 6.05. The SMILES string of the molecule is CCN(C(=O)c1ccc(C2CCC(Cn3cc(C(=O)N4CCOCC4)c4ncccc43)CC2)cc1)C1CCCCC1. The summed E-state index contributed by atoms with van der Waals surface area (Å²) in [7, 11) is 0. The zero-order valence-corrected chi connectivity index (χ0v) is 24.5. The molecule has 0 radical (unpaired) electrons. The monoisotopic (exact) mass is 556 g/mol. The minimum Gasteiger partial charge on any atom is -0.378 e. The number of hydrogen-bond acceptors (Lipinski definition) is 4. The number of morpholine rings is 1. The van der Waals surface area contributed by atoms with Gasteiger partial charge in [-0.2, -0.15) is 0 Å². The fraction of sp³-hybridized carbons (Fsp3) is 0.559. The van der Waals surface area contributed by atoms with Crippen molar-refractivity contribution in [3.8, 4) is 0 Å². The maximum absolute atomic E-state index is 13.3. The first-order valence-electron chi connectivity index (χ1n) is 15.8. The molecule has 0 spiro atoms. The predicted molar refractivity (Wildman–Crippen MR) is 161 cm³/mol. The van der Waals surface area contributed by atoms with Gasteiger partial charge in [0.05, 0.1) is 24.3 Å². The number of carbonyl (C=O) groups is 2. The van der Waals surface area contributed by atoms with Crippen molar-refractivity contribution in [2.75, 3.05) is 32.8 Å². The minimum absolute atomic E-state index is 0.0576. The van der Waals surface area contributed by atoms with Crippen LogP contribution in [0, 0.1) is 5.92 Å². The molecule has 3 heterocycles. The molecule has 0 atom stereocenters. The fourth-order valence-corrected chi connectivity index (χ4v) is 7.35. The molecular weight excluding hydrogens is 512 g/mol. The first-order chi connectivity index (χ1) is 20.1. The van der Waals surface area contributed by atoms with Crippen molar-refractivity contribution < 1.29 is 14.3 Å². The molecule has 41 heavy (non-hydrogen) atoms. The number of carbonyl (C=O) groups excluding carboxylic acids is 2. The van der Waals surface area contributed by atoms with Crippen LogP contribution in [0.3, 0.4) is 0 Å². The van der Waals surface area contributed by atoms with Gasteiger partial charge in [-0.1, -0.05) is 31.4 Å². The number of amides is 2. The Morgan fingerprint density at radius 3 is 2.39 bits per heavy atom. The molecule has 0 N–H and O–H groups in total. The highest BCUT2D eigenvalue weighted by atomic mass is 16.5. The summed E-state index contributed by atoms with van der Waals surface area (Å²) in [5, 5.41) is 0. The molecule has 2 saturated carbocycles. The first-order valence-corrected chi connectivity index (χ1v) is 15.8. The Kier molecular flexibility index (Phi) is 8.70. The van der Waals surface area contributed by atoms with E-state index in [9.17, 15) is 9.59 Å². The number of fused-ring (bicyclic) bond motifs is 1. The lowest BCUT2D eigenvalue weighted by Crippen LogP contribution is -2.41. The van der Waals surface area contributed by atoms with Gasteiger partial charge < -0.3 is 19.1 Å². The highest BCUT2D eigenvalue weighted by Gasteiger charge is 2.28. The van der Waals surface area contributed by atoms with Crippen molar-refractivity contribution in [3.63, 3.8) is 0 Å². The Morgan fingerprint density at radius 1 is 0.951 bits per heavy atom. The third-order valence-electron chi connectivity index (χ3n) is 9.71. The van der Waals surface area contributed by atoms with Crippen molar-refractivity contribution in [3.05, 3.63) is 65.5 Å². The van der Waals surface area contributed by atoms with E-state index < -0.39 is 0 Å². The van der Waals surface area contributed by atoms with Crippen LogP contribution in [-0.4, -0.2) is 70.1 Å². The third kappa shape index (κ3) is 6.06. The maximum atomic E-state index is 13.3. The van der Waals surface area contributed by atoms with Crippen LogP contribution in [0.25, 0.3) is 11.0 Å². The second-order valence-electron chi connectivity index (χ2n) is 12.2. The lowest BCUT2D eigenvalue weighted by atomic mass is 9.78. The quantitative estimate of drug-likeness (QED) is 0.344. The van der Waals surface area contributed by atoms with E-state index in [4.69, 9.17) is 4.74 Å². The molecule has 2 aromatic heterocycles. The summed E-state index contributed by atoms with van der Waals surface area (Å²) in [6, 6.07) is 13.0. The van der Waals surface area contributed by atoms with Crippen molar-refractivity contribution in [1.29, 1.82) is 0 Å². The highest BCUT2D eigenvalue weighted by Crippen LogP contribution is 2.37. The lowest BCUT2D eigenvalue weighted by molar-refractivity contribution is 0.0304. The zero-order valence-electron chi connectivity index (χ0n) is 24.5. The van der Waals surface area contributed by atoms with E-state index >= 15 is 0 Å². The molecule has 1 aromatic carbocycles. The summed E-state index contributed by atoms with van der Waals surface area (Å²) < 4.78 is 7.70. The molecule has 3 aliphatic rings. The predicted octanol–water partition coefficient (Wildman–Crippen LogP) is 6.28. The van der Waals surface area contributed by atoms with Gasteiger partial charge in [-0.3, -0.25) is 14.6 Å². The van der Waals surface area contributed by atoms with E-state index in [1.165, 1.54) is 24.8 Å². The molecule has 3 aromatic rings. The topological polar surface area (TPSA) is 67.7 Å². The Hall–Kier alpha value is -3.19. The second-order valence-corrected chi connectivity index (χ2v) is 12.2. The Morgan fingerprint density at radius 2 is 1.68 bits per heavy atom. The molecule has 2 aliphatic carbocycles. The molecule has 0 bridgehead atoms. The van der Waals surface area contributed by atoms with Gasteiger partial charge in [-0.15, -0.1) is 0 Å². The van der Waals surface area contributed by atoms with Gasteiger partial charge in [-0.05, 0) is 87.1 Å². The smallest absolute Gasteiger partial charge is 0.257 e. The number of nitrogens with zero attached hydrogens (tertiary/aromatic N) is 4. The third-order valence-corrected chi connectivity index (χ3v) is 9.71. The first kappa shape index (κ1) is 28.0.